The molecule has 3 atom stereocenters. The summed E-state index contributed by atoms with van der Waals surface area (Å²) in [6.07, 6.45) is 0.347. The normalized spacial score (nSPS) is 24.0. The summed E-state index contributed by atoms with van der Waals surface area (Å²) in [5.41, 5.74) is 0.111. The summed E-state index contributed by atoms with van der Waals surface area (Å²) < 4.78 is 81.2. The Bertz CT molecular complexity index is 1800. The summed E-state index contributed by atoms with van der Waals surface area (Å²) in [7, 11) is 0. The minimum absolute atomic E-state index is 0.0436. The molecule has 7 rings (SSSR count). The van der Waals surface area contributed by atoms with Gasteiger partial charge in [-0.15, -0.1) is 0 Å². The predicted molar refractivity (Wildman–Crippen MR) is 150 cm³/mol. The van der Waals surface area contributed by atoms with E-state index < -0.39 is 47.8 Å². The van der Waals surface area contributed by atoms with Crippen molar-refractivity contribution in [2.24, 2.45) is 11.3 Å². The van der Waals surface area contributed by atoms with E-state index in [2.05, 4.69) is 36.0 Å². The number of oxazole rings is 1. The Kier molecular flexibility index (Phi) is 7.54. The predicted octanol–water partition coefficient (Wildman–Crippen LogP) is 4.81. The third-order valence-corrected chi connectivity index (χ3v) is 9.43. The highest BCUT2D eigenvalue weighted by atomic mass is 19.4. The Balaban J connectivity index is 1.18. The Morgan fingerprint density at radius 1 is 1.15 bits per heavy atom. The number of rotatable bonds is 9. The molecule has 0 radical (unpaired) electrons. The van der Waals surface area contributed by atoms with Crippen molar-refractivity contribution in [3.05, 3.63) is 59.0 Å². The van der Waals surface area contributed by atoms with Crippen molar-refractivity contribution in [2.45, 2.75) is 94.8 Å². The zero-order valence-corrected chi connectivity index (χ0v) is 25.2. The Morgan fingerprint density at radius 2 is 1.91 bits per heavy atom. The van der Waals surface area contributed by atoms with Crippen LogP contribution in [0.3, 0.4) is 0 Å². The summed E-state index contributed by atoms with van der Waals surface area (Å²) in [5, 5.41) is 17.1. The van der Waals surface area contributed by atoms with Gasteiger partial charge in [-0.3, -0.25) is 9.59 Å². The van der Waals surface area contributed by atoms with E-state index in [4.69, 9.17) is 9.05 Å². The van der Waals surface area contributed by atoms with Gasteiger partial charge in [-0.2, -0.15) is 18.3 Å². The monoisotopic (exact) mass is 662 g/mol. The minimum Gasteiger partial charge on any atom is -0.446 e. The Morgan fingerprint density at radius 3 is 2.57 bits per heavy atom. The molecule has 3 aliphatic rings. The van der Waals surface area contributed by atoms with Crippen molar-refractivity contribution >= 4 is 17.5 Å². The molecule has 2 saturated carbocycles. The lowest BCUT2D eigenvalue weighted by Crippen LogP contribution is -2.39. The van der Waals surface area contributed by atoms with Crippen LogP contribution in [0.1, 0.15) is 96.0 Å². The molecule has 2 amide bonds. The average Bonchev–Trinajstić information content (AvgIpc) is 3.31. The van der Waals surface area contributed by atoms with Crippen molar-refractivity contribution in [2.75, 3.05) is 0 Å². The van der Waals surface area contributed by atoms with Gasteiger partial charge in [-0.05, 0) is 61.2 Å². The second-order valence-corrected chi connectivity index (χ2v) is 13.0. The summed E-state index contributed by atoms with van der Waals surface area (Å²) in [5.74, 6) is -3.81. The fourth-order valence-electron chi connectivity index (χ4n) is 6.82. The quantitative estimate of drug-likeness (QED) is 0.241. The molecular weight excluding hydrogens is 631 g/mol. The van der Waals surface area contributed by atoms with Crippen LogP contribution in [0, 0.1) is 18.3 Å². The van der Waals surface area contributed by atoms with E-state index in [0.29, 0.717) is 28.5 Å². The zero-order chi connectivity index (χ0) is 33.1. The number of carbonyl (C=O) groups is 2. The molecule has 4 aromatic heterocycles. The van der Waals surface area contributed by atoms with E-state index in [1.54, 1.807) is 19.2 Å². The Labute approximate surface area is 263 Å². The van der Waals surface area contributed by atoms with Crippen LogP contribution in [0.25, 0.3) is 5.65 Å². The van der Waals surface area contributed by atoms with Crippen molar-refractivity contribution in [3.8, 4) is 0 Å². The van der Waals surface area contributed by atoms with E-state index in [1.807, 2.05) is 0 Å². The van der Waals surface area contributed by atoms with Gasteiger partial charge in [0.1, 0.15) is 17.5 Å². The maximum absolute atomic E-state index is 14.1. The second kappa shape index (κ2) is 11.4. The molecule has 1 aliphatic heterocycles. The van der Waals surface area contributed by atoms with Crippen LogP contribution in [-0.2, 0) is 17.6 Å². The molecule has 0 bridgehead atoms. The van der Waals surface area contributed by atoms with Crippen LogP contribution in [0.4, 0.5) is 22.0 Å². The number of amides is 2. The van der Waals surface area contributed by atoms with Gasteiger partial charge in [0, 0.05) is 32.1 Å². The lowest BCUT2D eigenvalue weighted by atomic mass is 9.76. The number of imidazole rings is 1. The van der Waals surface area contributed by atoms with E-state index in [9.17, 15) is 31.5 Å². The molecule has 4 aromatic rings. The number of halogens is 5. The largest absolute Gasteiger partial charge is 0.446 e. The summed E-state index contributed by atoms with van der Waals surface area (Å²) >= 11 is 0. The van der Waals surface area contributed by atoms with Gasteiger partial charge in [0.2, 0.25) is 11.8 Å². The van der Waals surface area contributed by atoms with E-state index in [-0.39, 0.29) is 61.8 Å². The Hall–Kier alpha value is -4.44. The van der Waals surface area contributed by atoms with Crippen LogP contribution < -0.4 is 10.6 Å². The first kappa shape index (κ1) is 31.2. The van der Waals surface area contributed by atoms with Gasteiger partial charge < -0.3 is 15.1 Å². The van der Waals surface area contributed by atoms with Crippen LogP contribution in [0.2, 0.25) is 0 Å². The zero-order valence-electron chi connectivity index (χ0n) is 25.2. The van der Waals surface area contributed by atoms with Gasteiger partial charge in [0.05, 0.1) is 35.7 Å². The van der Waals surface area contributed by atoms with Crippen molar-refractivity contribution in [3.63, 3.8) is 0 Å². The van der Waals surface area contributed by atoms with Gasteiger partial charge in [0.25, 0.3) is 5.91 Å². The lowest BCUT2D eigenvalue weighted by Gasteiger charge is -2.33. The van der Waals surface area contributed by atoms with E-state index in [1.165, 1.54) is 16.9 Å². The number of fused-ring (bicyclic) bond motifs is 1. The van der Waals surface area contributed by atoms with Gasteiger partial charge >= 0.3 is 6.18 Å². The first-order chi connectivity index (χ1) is 22.3. The molecule has 1 saturated heterocycles. The summed E-state index contributed by atoms with van der Waals surface area (Å²) in [4.78, 5) is 35.3. The maximum Gasteiger partial charge on any atom is 0.408 e. The van der Waals surface area contributed by atoms with Gasteiger partial charge in [-0.25, -0.2) is 27.9 Å². The fraction of sp³-hybridized carbons (Fsp3) is 0.567. The van der Waals surface area contributed by atoms with Crippen LogP contribution in [-0.4, -0.2) is 59.9 Å². The minimum atomic E-state index is -4.64. The molecular formula is C30H31F5N8O4. The molecule has 0 spiro atoms. The smallest absolute Gasteiger partial charge is 0.408 e. The SMILES string of the molecule is Cc1ncc(C[C@]2(Cc3cnn4cc([C@@H](NC(=O)c5nonc5C5CC5)C5CCC(F)(F)CC5)nc4c3)C[C@@H](C(F)(F)F)NC2=O)o1. The number of aryl methyl sites for hydroxylation is 1. The number of hydrogen-bond acceptors (Lipinski definition) is 9. The van der Waals surface area contributed by atoms with Gasteiger partial charge in [0.15, 0.2) is 17.2 Å². The molecule has 3 fully saturated rings. The third kappa shape index (κ3) is 6.31. The number of hydrogen-bond donors (Lipinski definition) is 2. The number of alkyl halides is 5. The number of aromatic nitrogens is 6. The third-order valence-electron chi connectivity index (χ3n) is 9.43. The summed E-state index contributed by atoms with van der Waals surface area (Å²) in [6.45, 7) is 1.60. The topological polar surface area (TPSA) is 153 Å². The maximum atomic E-state index is 14.1. The fourth-order valence-corrected chi connectivity index (χ4v) is 6.82. The van der Waals surface area contributed by atoms with E-state index in [0.717, 1.165) is 12.8 Å². The highest BCUT2D eigenvalue weighted by Gasteiger charge is 2.56. The van der Waals surface area contributed by atoms with Gasteiger partial charge in [-0.1, -0.05) is 5.16 Å². The van der Waals surface area contributed by atoms with Crippen molar-refractivity contribution in [1.82, 2.24) is 40.5 Å². The number of nitrogens with zero attached hydrogens (tertiary/aromatic N) is 6. The molecule has 0 aromatic carbocycles. The van der Waals surface area contributed by atoms with Crippen LogP contribution in [0.15, 0.2) is 33.7 Å². The standard InChI is InChI=1S/C30H31F5N8O4/c1-15-36-13-19(46-15)10-28(11-21(30(33,34)35)39-27(28)45)9-16-8-22-38-20(14-43(22)37-12-16)23(18-4-6-29(31,32)7-5-18)40-26(44)25-24(17-2-3-17)41-47-42-25/h8,12-14,17-18,21,23H,2-7,9-11H2,1H3,(H,39,45)(H,40,44)/t21-,23-,28+/m0/s1. The number of carbonyl (C=O) groups excluding carboxylic acids is 2. The molecule has 12 nitrogen and oxygen atoms in total. The molecule has 17 heteroatoms. The molecule has 5 heterocycles. The lowest BCUT2D eigenvalue weighted by molar-refractivity contribution is -0.155. The van der Waals surface area contributed by atoms with Crippen LogP contribution >= 0.6 is 0 Å². The van der Waals surface area contributed by atoms with E-state index >= 15 is 0 Å². The average molecular weight is 663 g/mol. The summed E-state index contributed by atoms with van der Waals surface area (Å²) in [6, 6.07) is -1.19. The molecule has 250 valence electrons. The van der Waals surface area contributed by atoms with Crippen LogP contribution in [0.5, 0.6) is 0 Å². The molecule has 2 aliphatic carbocycles. The first-order valence-corrected chi connectivity index (χ1v) is 15.4. The molecule has 47 heavy (non-hydrogen) atoms. The van der Waals surface area contributed by atoms with Crippen molar-refractivity contribution < 1.29 is 40.6 Å². The number of nitrogens with one attached hydrogen (secondary N) is 2. The molecule has 0 unspecified atom stereocenters. The second-order valence-electron chi connectivity index (χ2n) is 13.0. The first-order valence-electron chi connectivity index (χ1n) is 15.4. The molecule has 2 N–H and O–H groups in total. The highest BCUT2D eigenvalue weighted by molar-refractivity contribution is 5.93. The van der Waals surface area contributed by atoms with Crippen molar-refractivity contribution in [1.29, 1.82) is 0 Å². The highest BCUT2D eigenvalue weighted by Crippen LogP contribution is 2.44.